The van der Waals surface area contributed by atoms with Crippen molar-refractivity contribution in [3.63, 3.8) is 0 Å². The molecule has 3 aromatic heterocycles. The smallest absolute Gasteiger partial charge is 0.223 e. The molecule has 0 saturated carbocycles. The molecule has 3 N–H and O–H groups in total. The Bertz CT molecular complexity index is 1200. The highest BCUT2D eigenvalue weighted by Gasteiger charge is 2.20. The fourth-order valence-electron chi connectivity index (χ4n) is 3.14. The number of aryl methyl sites for hydroxylation is 2. The van der Waals surface area contributed by atoms with Gasteiger partial charge in [-0.15, -0.1) is 5.10 Å². The number of pyridine rings is 1. The number of nitrogen functional groups attached to an aromatic ring is 1. The van der Waals surface area contributed by atoms with Crippen LogP contribution in [0, 0.1) is 19.7 Å². The minimum atomic E-state index is -0.348. The summed E-state index contributed by atoms with van der Waals surface area (Å²) in [5.41, 5.74) is 10.9. The number of hydrogen-bond acceptors (Lipinski definition) is 7. The molecule has 0 atom stereocenters. The Morgan fingerprint density at radius 1 is 1.04 bits per heavy atom. The van der Waals surface area contributed by atoms with Crippen LogP contribution in [0.1, 0.15) is 17.2 Å². The molecule has 28 heavy (non-hydrogen) atoms. The number of anilines is 1. The molecule has 0 bridgehead atoms. The molecule has 0 radical (unpaired) electrons. The third-order valence-corrected chi connectivity index (χ3v) is 4.19. The quantitative estimate of drug-likeness (QED) is 0.322. The summed E-state index contributed by atoms with van der Waals surface area (Å²) in [4.78, 5) is 13.3. The minimum absolute atomic E-state index is 0.102. The van der Waals surface area contributed by atoms with E-state index in [9.17, 15) is 4.39 Å². The van der Waals surface area contributed by atoms with Gasteiger partial charge < -0.3 is 10.9 Å². The number of halogens is 1. The number of oxime groups is 1. The van der Waals surface area contributed by atoms with Crippen LogP contribution in [0.25, 0.3) is 28.0 Å². The zero-order valence-corrected chi connectivity index (χ0v) is 15.1. The van der Waals surface area contributed by atoms with Gasteiger partial charge in [0.1, 0.15) is 12.0 Å². The molecular weight excluding hydrogens is 361 g/mol. The Kier molecular flexibility index (Phi) is 4.19. The third kappa shape index (κ3) is 3.02. The number of fused-ring (bicyclic) bond motifs is 1. The maximum Gasteiger partial charge on any atom is 0.223 e. The van der Waals surface area contributed by atoms with Crippen molar-refractivity contribution >= 4 is 17.8 Å². The normalized spacial score (nSPS) is 11.5. The second kappa shape index (κ2) is 6.69. The van der Waals surface area contributed by atoms with Crippen LogP contribution < -0.4 is 5.73 Å². The van der Waals surface area contributed by atoms with Gasteiger partial charge in [-0.2, -0.15) is 4.52 Å². The van der Waals surface area contributed by atoms with E-state index < -0.39 is 0 Å². The largest absolute Gasteiger partial charge is 0.411 e. The van der Waals surface area contributed by atoms with Gasteiger partial charge in [-0.05, 0) is 55.8 Å². The average Bonchev–Trinajstić information content (AvgIpc) is 3.06. The van der Waals surface area contributed by atoms with Crippen LogP contribution in [0.3, 0.4) is 0 Å². The minimum Gasteiger partial charge on any atom is -0.411 e. The number of nitrogens with zero attached hydrogens (tertiary/aromatic N) is 6. The monoisotopic (exact) mass is 377 g/mol. The van der Waals surface area contributed by atoms with Gasteiger partial charge in [0.2, 0.25) is 5.95 Å². The first-order valence-corrected chi connectivity index (χ1v) is 8.41. The van der Waals surface area contributed by atoms with Crippen LogP contribution in [0.4, 0.5) is 10.3 Å². The topological polar surface area (TPSA) is 115 Å². The maximum atomic E-state index is 13.4. The molecule has 4 aromatic rings. The average molecular weight is 377 g/mol. The van der Waals surface area contributed by atoms with Gasteiger partial charge in [-0.25, -0.2) is 14.4 Å². The molecule has 0 amide bonds. The van der Waals surface area contributed by atoms with Gasteiger partial charge in [-0.1, -0.05) is 5.16 Å². The molecule has 0 fully saturated rings. The molecule has 1 aromatic carbocycles. The van der Waals surface area contributed by atoms with Gasteiger partial charge in [0.05, 0.1) is 11.3 Å². The molecule has 0 spiro atoms. The second-order valence-corrected chi connectivity index (χ2v) is 6.29. The number of nitrogens with two attached hydrogens (primary N) is 1. The Labute approximate surface area is 159 Å². The van der Waals surface area contributed by atoms with E-state index in [1.165, 1.54) is 16.6 Å². The van der Waals surface area contributed by atoms with E-state index >= 15 is 0 Å². The van der Waals surface area contributed by atoms with Crippen molar-refractivity contribution in [2.75, 3.05) is 5.73 Å². The van der Waals surface area contributed by atoms with Crippen LogP contribution >= 0.6 is 0 Å². The Morgan fingerprint density at radius 2 is 1.71 bits per heavy atom. The van der Waals surface area contributed by atoms with Crippen molar-refractivity contribution < 1.29 is 9.60 Å². The Morgan fingerprint density at radius 3 is 2.36 bits per heavy atom. The van der Waals surface area contributed by atoms with Crippen molar-refractivity contribution in [1.82, 2.24) is 24.6 Å². The molecule has 3 heterocycles. The fourth-order valence-corrected chi connectivity index (χ4v) is 3.14. The van der Waals surface area contributed by atoms with Gasteiger partial charge in [-0.3, -0.25) is 4.98 Å². The van der Waals surface area contributed by atoms with E-state index in [4.69, 9.17) is 10.9 Å². The molecule has 8 nitrogen and oxygen atoms in total. The third-order valence-electron chi connectivity index (χ3n) is 4.19. The summed E-state index contributed by atoms with van der Waals surface area (Å²) in [7, 11) is 0. The lowest BCUT2D eigenvalue weighted by Gasteiger charge is -2.13. The molecule has 4 rings (SSSR count). The fraction of sp³-hybridized carbons (Fsp3) is 0.105. The highest BCUT2D eigenvalue weighted by molar-refractivity contribution is 5.91. The molecule has 140 valence electrons. The molecule has 0 saturated heterocycles. The second-order valence-electron chi connectivity index (χ2n) is 6.29. The lowest BCUT2D eigenvalue weighted by molar-refractivity contribution is 0.321. The zero-order valence-electron chi connectivity index (χ0n) is 15.1. The number of aromatic nitrogens is 5. The molecule has 0 unspecified atom stereocenters. The number of hydrogen-bond donors (Lipinski definition) is 2. The van der Waals surface area contributed by atoms with Gasteiger partial charge in [0.25, 0.3) is 0 Å². The van der Waals surface area contributed by atoms with Crippen molar-refractivity contribution in [1.29, 1.82) is 0 Å². The lowest BCUT2D eigenvalue weighted by atomic mass is 9.99. The first kappa shape index (κ1) is 17.5. The van der Waals surface area contributed by atoms with Crippen LogP contribution in [0.5, 0.6) is 0 Å². The molecule has 0 aliphatic rings. The molecular formula is C19H16FN7O. The highest BCUT2D eigenvalue weighted by Crippen LogP contribution is 2.35. The SMILES string of the molecule is Cc1cc(-c2c(-c3ccc(F)cc3)nc(N)n3nc(/C=N/O)nc23)cc(C)n1. The van der Waals surface area contributed by atoms with Crippen molar-refractivity contribution in [3.8, 4) is 22.4 Å². The highest BCUT2D eigenvalue weighted by atomic mass is 19.1. The molecule has 0 aliphatic heterocycles. The summed E-state index contributed by atoms with van der Waals surface area (Å²) in [6, 6.07) is 9.79. The van der Waals surface area contributed by atoms with Gasteiger partial charge >= 0.3 is 0 Å². The number of rotatable bonds is 3. The van der Waals surface area contributed by atoms with Crippen LogP contribution in [-0.2, 0) is 0 Å². The molecule has 9 heteroatoms. The Balaban J connectivity index is 2.11. The summed E-state index contributed by atoms with van der Waals surface area (Å²) in [5.74, 6) is -0.0689. The van der Waals surface area contributed by atoms with Crippen LogP contribution in [-0.4, -0.2) is 36.0 Å². The van der Waals surface area contributed by atoms with Crippen LogP contribution in [0.15, 0.2) is 41.6 Å². The standard InChI is InChI=1S/C19H16FN7O/c1-10-7-13(8-11(2)23-10)16-17(12-3-5-14(20)6-4-12)25-19(21)27-18(16)24-15(26-27)9-22-28/h3-9,28H,1-2H3,(H2,21,25)/b22-9+. The van der Waals surface area contributed by atoms with E-state index in [1.54, 1.807) is 12.1 Å². The van der Waals surface area contributed by atoms with E-state index in [1.807, 2.05) is 26.0 Å². The summed E-state index contributed by atoms with van der Waals surface area (Å²) >= 11 is 0. The number of benzene rings is 1. The first-order chi connectivity index (χ1) is 13.5. The Hall–Kier alpha value is -3.88. The maximum absolute atomic E-state index is 13.4. The van der Waals surface area contributed by atoms with E-state index in [0.29, 0.717) is 22.5 Å². The summed E-state index contributed by atoms with van der Waals surface area (Å²) < 4.78 is 14.8. The van der Waals surface area contributed by atoms with Crippen LogP contribution in [0.2, 0.25) is 0 Å². The van der Waals surface area contributed by atoms with E-state index in [0.717, 1.165) is 23.2 Å². The van der Waals surface area contributed by atoms with Crippen molar-refractivity contribution in [3.05, 3.63) is 59.4 Å². The predicted octanol–water partition coefficient (Wildman–Crippen LogP) is 3.00. The van der Waals surface area contributed by atoms with Gasteiger partial charge in [0, 0.05) is 17.0 Å². The summed E-state index contributed by atoms with van der Waals surface area (Å²) in [6.45, 7) is 3.79. The predicted molar refractivity (Wildman–Crippen MR) is 103 cm³/mol. The van der Waals surface area contributed by atoms with Gasteiger partial charge in [0.15, 0.2) is 11.5 Å². The summed E-state index contributed by atoms with van der Waals surface area (Å²) in [5, 5.41) is 16.0. The van der Waals surface area contributed by atoms with Crippen molar-refractivity contribution in [2.24, 2.45) is 5.16 Å². The van der Waals surface area contributed by atoms with E-state index in [2.05, 4.69) is 25.2 Å². The van der Waals surface area contributed by atoms with E-state index in [-0.39, 0.29) is 17.6 Å². The van der Waals surface area contributed by atoms with Crippen molar-refractivity contribution in [2.45, 2.75) is 13.8 Å². The zero-order chi connectivity index (χ0) is 19.8. The summed E-state index contributed by atoms with van der Waals surface area (Å²) in [6.07, 6.45) is 1.11. The first-order valence-electron chi connectivity index (χ1n) is 8.41. The molecule has 0 aliphatic carbocycles. The lowest BCUT2D eigenvalue weighted by Crippen LogP contribution is -2.06.